The fourth-order valence-corrected chi connectivity index (χ4v) is 2.33. The molecule has 0 aliphatic rings. The van der Waals surface area contributed by atoms with Crippen molar-refractivity contribution in [1.29, 1.82) is 0 Å². The molecule has 0 bridgehead atoms. The van der Waals surface area contributed by atoms with E-state index in [1.54, 1.807) is 0 Å². The molecule has 2 rings (SSSR count). The molecule has 1 heterocycles. The van der Waals surface area contributed by atoms with Crippen molar-refractivity contribution in [1.82, 2.24) is 9.55 Å². The number of rotatable bonds is 3. The highest BCUT2D eigenvalue weighted by Crippen LogP contribution is 2.22. The third-order valence-electron chi connectivity index (χ3n) is 2.48. The van der Waals surface area contributed by atoms with Crippen molar-refractivity contribution >= 4 is 27.5 Å². The monoisotopic (exact) mass is 298 g/mol. The van der Waals surface area contributed by atoms with Gasteiger partial charge in [0.05, 0.1) is 5.69 Å². The molecule has 0 aliphatic carbocycles. The molecule has 16 heavy (non-hydrogen) atoms. The molecule has 0 atom stereocenters. The summed E-state index contributed by atoms with van der Waals surface area (Å²) in [4.78, 5) is 4.32. The van der Waals surface area contributed by atoms with Gasteiger partial charge in [0.2, 0.25) is 0 Å². The highest BCUT2D eigenvalue weighted by atomic mass is 79.9. The third kappa shape index (κ3) is 2.15. The van der Waals surface area contributed by atoms with E-state index in [9.17, 15) is 0 Å². The van der Waals surface area contributed by atoms with Crippen LogP contribution in [-0.4, -0.2) is 9.55 Å². The van der Waals surface area contributed by atoms with E-state index in [1.807, 2.05) is 24.5 Å². The minimum atomic E-state index is 0.496. The fraction of sp³-hybridized carbons (Fsp3) is 0.250. The molecule has 2 aromatic rings. The van der Waals surface area contributed by atoms with Crippen LogP contribution in [0.1, 0.15) is 18.3 Å². The van der Waals surface area contributed by atoms with Crippen LogP contribution in [0, 0.1) is 0 Å². The number of hydrogen-bond donors (Lipinski definition) is 0. The van der Waals surface area contributed by atoms with Gasteiger partial charge in [-0.15, -0.1) is 11.6 Å². The van der Waals surface area contributed by atoms with Crippen LogP contribution in [0.2, 0.25) is 0 Å². The van der Waals surface area contributed by atoms with Crippen LogP contribution in [0.3, 0.4) is 0 Å². The molecule has 0 amide bonds. The number of imidazole rings is 1. The Labute approximate surface area is 108 Å². The zero-order valence-corrected chi connectivity index (χ0v) is 11.3. The highest BCUT2D eigenvalue weighted by molar-refractivity contribution is 9.10. The van der Waals surface area contributed by atoms with Gasteiger partial charge in [-0.3, -0.25) is 0 Å². The van der Waals surface area contributed by atoms with Crippen molar-refractivity contribution in [3.8, 4) is 5.69 Å². The van der Waals surface area contributed by atoms with Crippen molar-refractivity contribution in [2.75, 3.05) is 0 Å². The molecule has 0 spiro atoms. The molecule has 4 heteroatoms. The molecule has 1 aromatic heterocycles. The van der Waals surface area contributed by atoms with Crippen molar-refractivity contribution < 1.29 is 0 Å². The SMILES string of the molecule is CCc1nccn1-c1ccc(Br)cc1CCl. The molecule has 0 saturated carbocycles. The van der Waals surface area contributed by atoms with E-state index in [4.69, 9.17) is 11.6 Å². The average molecular weight is 300 g/mol. The Kier molecular flexibility index (Phi) is 3.66. The fourth-order valence-electron chi connectivity index (χ4n) is 1.71. The first-order valence-electron chi connectivity index (χ1n) is 5.13. The van der Waals surface area contributed by atoms with E-state index in [0.717, 1.165) is 28.0 Å². The molecule has 84 valence electrons. The first-order valence-corrected chi connectivity index (χ1v) is 6.46. The lowest BCUT2D eigenvalue weighted by atomic mass is 10.2. The molecule has 0 radical (unpaired) electrons. The molecular weight excluding hydrogens is 288 g/mol. The molecule has 1 aromatic carbocycles. The molecular formula is C12H12BrClN2. The molecule has 0 fully saturated rings. The van der Waals surface area contributed by atoms with Crippen molar-refractivity contribution in [2.24, 2.45) is 0 Å². The summed E-state index contributed by atoms with van der Waals surface area (Å²) < 4.78 is 3.13. The van der Waals surface area contributed by atoms with Crippen LogP contribution < -0.4 is 0 Å². The maximum atomic E-state index is 5.96. The van der Waals surface area contributed by atoms with Crippen LogP contribution in [0.5, 0.6) is 0 Å². The molecule has 0 N–H and O–H groups in total. The van der Waals surface area contributed by atoms with Crippen molar-refractivity contribution in [3.05, 3.63) is 46.5 Å². The lowest BCUT2D eigenvalue weighted by Gasteiger charge is -2.11. The number of alkyl halides is 1. The van der Waals surface area contributed by atoms with Gasteiger partial charge in [0.15, 0.2) is 0 Å². The minimum Gasteiger partial charge on any atom is -0.303 e. The highest BCUT2D eigenvalue weighted by Gasteiger charge is 2.07. The zero-order valence-electron chi connectivity index (χ0n) is 8.95. The number of aromatic nitrogens is 2. The van der Waals surface area contributed by atoms with Crippen LogP contribution in [0.15, 0.2) is 35.1 Å². The quantitative estimate of drug-likeness (QED) is 0.785. The molecule has 0 unspecified atom stereocenters. The molecule has 0 aliphatic heterocycles. The largest absolute Gasteiger partial charge is 0.303 e. The predicted octanol–water partition coefficient (Wildman–Crippen LogP) is 3.94. The second kappa shape index (κ2) is 5.02. The number of benzene rings is 1. The van der Waals surface area contributed by atoms with E-state index in [1.165, 1.54) is 0 Å². The summed E-state index contributed by atoms with van der Waals surface area (Å²) >= 11 is 9.41. The minimum absolute atomic E-state index is 0.496. The van der Waals surface area contributed by atoms with E-state index in [-0.39, 0.29) is 0 Å². The lowest BCUT2D eigenvalue weighted by molar-refractivity contribution is 0.884. The maximum Gasteiger partial charge on any atom is 0.112 e. The first kappa shape index (κ1) is 11.7. The molecule has 0 saturated heterocycles. The molecule has 2 nitrogen and oxygen atoms in total. The van der Waals surface area contributed by atoms with Crippen LogP contribution >= 0.6 is 27.5 Å². The summed E-state index contributed by atoms with van der Waals surface area (Å²) in [6, 6.07) is 6.12. The smallest absolute Gasteiger partial charge is 0.112 e. The number of nitrogens with zero attached hydrogens (tertiary/aromatic N) is 2. The van der Waals surface area contributed by atoms with Crippen molar-refractivity contribution in [2.45, 2.75) is 19.2 Å². The second-order valence-corrected chi connectivity index (χ2v) is 4.66. The Morgan fingerprint density at radius 3 is 2.94 bits per heavy atom. The number of aryl methyl sites for hydroxylation is 1. The van der Waals surface area contributed by atoms with Gasteiger partial charge in [-0.1, -0.05) is 22.9 Å². The average Bonchev–Trinajstić information content (AvgIpc) is 2.76. The second-order valence-electron chi connectivity index (χ2n) is 3.47. The van der Waals surface area contributed by atoms with Gasteiger partial charge in [0, 0.05) is 29.2 Å². The summed E-state index contributed by atoms with van der Waals surface area (Å²) in [6.45, 7) is 2.10. The van der Waals surface area contributed by atoms with Gasteiger partial charge < -0.3 is 4.57 Å². The van der Waals surface area contributed by atoms with Gasteiger partial charge in [0.25, 0.3) is 0 Å². The Morgan fingerprint density at radius 2 is 2.25 bits per heavy atom. The van der Waals surface area contributed by atoms with Gasteiger partial charge in [-0.25, -0.2) is 4.98 Å². The van der Waals surface area contributed by atoms with E-state index in [0.29, 0.717) is 5.88 Å². The Hall–Kier alpha value is -0.800. The van der Waals surface area contributed by atoms with E-state index < -0.39 is 0 Å². The third-order valence-corrected chi connectivity index (χ3v) is 3.26. The van der Waals surface area contributed by atoms with Crippen LogP contribution in [0.25, 0.3) is 5.69 Å². The van der Waals surface area contributed by atoms with Crippen LogP contribution in [0.4, 0.5) is 0 Å². The summed E-state index contributed by atoms with van der Waals surface area (Å²) in [6.07, 6.45) is 4.70. The van der Waals surface area contributed by atoms with Crippen molar-refractivity contribution in [3.63, 3.8) is 0 Å². The summed E-state index contributed by atoms with van der Waals surface area (Å²) in [5.74, 6) is 1.55. The number of hydrogen-bond acceptors (Lipinski definition) is 1. The Balaban J connectivity index is 2.55. The first-order chi connectivity index (χ1) is 7.76. The predicted molar refractivity (Wildman–Crippen MR) is 70.2 cm³/mol. The normalized spacial score (nSPS) is 10.7. The summed E-state index contributed by atoms with van der Waals surface area (Å²) in [5.41, 5.74) is 2.20. The summed E-state index contributed by atoms with van der Waals surface area (Å²) in [7, 11) is 0. The number of halogens is 2. The van der Waals surface area contributed by atoms with Gasteiger partial charge in [-0.2, -0.15) is 0 Å². The standard InChI is InChI=1S/C12H12BrClN2/c1-2-12-15-5-6-16(12)11-4-3-10(13)7-9(11)8-14/h3-7H,2,8H2,1H3. The zero-order chi connectivity index (χ0) is 11.5. The van der Waals surface area contributed by atoms with Crippen LogP contribution in [-0.2, 0) is 12.3 Å². The topological polar surface area (TPSA) is 17.8 Å². The lowest BCUT2D eigenvalue weighted by Crippen LogP contribution is -2.02. The maximum absolute atomic E-state index is 5.96. The van der Waals surface area contributed by atoms with E-state index >= 15 is 0 Å². The van der Waals surface area contributed by atoms with Gasteiger partial charge in [0.1, 0.15) is 5.82 Å². The van der Waals surface area contributed by atoms with Gasteiger partial charge in [-0.05, 0) is 23.8 Å². The Bertz CT molecular complexity index is 494. The summed E-state index contributed by atoms with van der Waals surface area (Å²) in [5, 5.41) is 0. The van der Waals surface area contributed by atoms with E-state index in [2.05, 4.69) is 38.5 Å². The Morgan fingerprint density at radius 1 is 1.44 bits per heavy atom. The van der Waals surface area contributed by atoms with Gasteiger partial charge >= 0.3 is 0 Å².